The van der Waals surface area contributed by atoms with Gasteiger partial charge >= 0.3 is 0 Å². The zero-order valence-corrected chi connectivity index (χ0v) is 12.3. The van der Waals surface area contributed by atoms with E-state index in [0.29, 0.717) is 6.04 Å². The van der Waals surface area contributed by atoms with Gasteiger partial charge < -0.3 is 5.32 Å². The minimum absolute atomic E-state index is 0.697. The van der Waals surface area contributed by atoms with Crippen molar-refractivity contribution in [1.29, 1.82) is 0 Å². The molecule has 0 bridgehead atoms. The molecule has 0 heterocycles. The van der Waals surface area contributed by atoms with Gasteiger partial charge in [0.15, 0.2) is 0 Å². The van der Waals surface area contributed by atoms with Crippen LogP contribution in [0, 0.1) is 11.8 Å². The molecule has 100 valence electrons. The van der Waals surface area contributed by atoms with Crippen molar-refractivity contribution in [2.24, 2.45) is 11.8 Å². The monoisotopic (exact) mass is 237 g/mol. The van der Waals surface area contributed by atoms with Crippen LogP contribution in [0.3, 0.4) is 0 Å². The van der Waals surface area contributed by atoms with Gasteiger partial charge in [-0.05, 0) is 51.5 Å². The van der Waals surface area contributed by atoms with Gasteiger partial charge in [-0.2, -0.15) is 0 Å². The van der Waals surface area contributed by atoms with Crippen molar-refractivity contribution < 1.29 is 0 Å². The standard InChI is InChI=1S/C16H31N/c1-5-6-7-8-15(4)17-12-16-10-13(2)9-14(3)11-16/h9,13,15-17H,5-8,10-12H2,1-4H3. The number of unbranched alkanes of at least 4 members (excludes halogenated alkanes) is 2. The van der Waals surface area contributed by atoms with Crippen molar-refractivity contribution >= 4 is 0 Å². The van der Waals surface area contributed by atoms with Crippen molar-refractivity contribution in [1.82, 2.24) is 5.32 Å². The van der Waals surface area contributed by atoms with Crippen molar-refractivity contribution in [3.05, 3.63) is 11.6 Å². The zero-order chi connectivity index (χ0) is 12.7. The molecule has 17 heavy (non-hydrogen) atoms. The van der Waals surface area contributed by atoms with E-state index in [9.17, 15) is 0 Å². The predicted molar refractivity (Wildman–Crippen MR) is 77.3 cm³/mol. The van der Waals surface area contributed by atoms with Gasteiger partial charge in [0.2, 0.25) is 0 Å². The molecule has 0 aliphatic heterocycles. The molecule has 1 aliphatic carbocycles. The number of nitrogens with one attached hydrogen (secondary N) is 1. The van der Waals surface area contributed by atoms with Gasteiger partial charge in [-0.15, -0.1) is 0 Å². The average molecular weight is 237 g/mol. The number of hydrogen-bond donors (Lipinski definition) is 1. The first-order valence-corrected chi connectivity index (χ1v) is 7.52. The van der Waals surface area contributed by atoms with Crippen LogP contribution >= 0.6 is 0 Å². The summed E-state index contributed by atoms with van der Waals surface area (Å²) in [4.78, 5) is 0. The maximum Gasteiger partial charge on any atom is 0.00388 e. The van der Waals surface area contributed by atoms with E-state index in [0.717, 1.165) is 11.8 Å². The Labute approximate surface area is 108 Å². The summed E-state index contributed by atoms with van der Waals surface area (Å²) in [6, 6.07) is 0.697. The topological polar surface area (TPSA) is 12.0 Å². The smallest absolute Gasteiger partial charge is 0.00388 e. The van der Waals surface area contributed by atoms with Crippen LogP contribution in [0.25, 0.3) is 0 Å². The van der Waals surface area contributed by atoms with Crippen molar-refractivity contribution in [2.75, 3.05) is 6.54 Å². The minimum atomic E-state index is 0.697. The molecule has 0 aromatic heterocycles. The van der Waals surface area contributed by atoms with Gasteiger partial charge in [0.05, 0.1) is 0 Å². The van der Waals surface area contributed by atoms with Gasteiger partial charge in [-0.3, -0.25) is 0 Å². The fraction of sp³-hybridized carbons (Fsp3) is 0.875. The molecule has 1 rings (SSSR count). The van der Waals surface area contributed by atoms with Gasteiger partial charge in [-0.1, -0.05) is 44.8 Å². The molecule has 1 N–H and O–H groups in total. The molecular weight excluding hydrogens is 206 g/mol. The van der Waals surface area contributed by atoms with E-state index in [4.69, 9.17) is 0 Å². The summed E-state index contributed by atoms with van der Waals surface area (Å²) in [5, 5.41) is 3.73. The highest BCUT2D eigenvalue weighted by atomic mass is 14.9. The molecule has 1 heteroatoms. The SMILES string of the molecule is CCCCCC(C)NCC1CC(C)=CC(C)C1. The van der Waals surface area contributed by atoms with E-state index in [1.54, 1.807) is 5.57 Å². The third-order valence-electron chi connectivity index (χ3n) is 3.88. The summed E-state index contributed by atoms with van der Waals surface area (Å²) in [5.41, 5.74) is 1.59. The van der Waals surface area contributed by atoms with Crippen LogP contribution in [0.4, 0.5) is 0 Å². The normalized spacial score (nSPS) is 26.7. The number of hydrogen-bond acceptors (Lipinski definition) is 1. The van der Waals surface area contributed by atoms with Crippen molar-refractivity contribution in [3.63, 3.8) is 0 Å². The molecule has 0 saturated carbocycles. The summed E-state index contributed by atoms with van der Waals surface area (Å²) < 4.78 is 0. The van der Waals surface area contributed by atoms with E-state index in [-0.39, 0.29) is 0 Å². The molecule has 0 fully saturated rings. The van der Waals surface area contributed by atoms with E-state index in [2.05, 4.69) is 39.1 Å². The Kier molecular flexibility index (Phi) is 6.87. The Morgan fingerprint density at radius 3 is 2.82 bits per heavy atom. The molecule has 0 amide bonds. The maximum atomic E-state index is 3.73. The van der Waals surface area contributed by atoms with Crippen LogP contribution < -0.4 is 5.32 Å². The first kappa shape index (κ1) is 14.8. The molecule has 0 saturated heterocycles. The van der Waals surface area contributed by atoms with Crippen LogP contribution in [-0.4, -0.2) is 12.6 Å². The lowest BCUT2D eigenvalue weighted by molar-refractivity contribution is 0.356. The first-order valence-electron chi connectivity index (χ1n) is 7.52. The Bertz CT molecular complexity index is 232. The average Bonchev–Trinajstić information content (AvgIpc) is 2.25. The zero-order valence-electron chi connectivity index (χ0n) is 12.3. The minimum Gasteiger partial charge on any atom is -0.314 e. The lowest BCUT2D eigenvalue weighted by Crippen LogP contribution is -2.32. The summed E-state index contributed by atoms with van der Waals surface area (Å²) >= 11 is 0. The van der Waals surface area contributed by atoms with Crippen LogP contribution in [-0.2, 0) is 0 Å². The second-order valence-electron chi connectivity index (χ2n) is 6.10. The van der Waals surface area contributed by atoms with E-state index >= 15 is 0 Å². The molecule has 3 atom stereocenters. The Morgan fingerprint density at radius 2 is 2.18 bits per heavy atom. The number of allylic oxidation sites excluding steroid dienone is 2. The summed E-state index contributed by atoms with van der Waals surface area (Å²) in [6.45, 7) is 10.5. The lowest BCUT2D eigenvalue weighted by atomic mass is 9.83. The van der Waals surface area contributed by atoms with Gasteiger partial charge in [0, 0.05) is 6.04 Å². The summed E-state index contributed by atoms with van der Waals surface area (Å²) in [5.74, 6) is 1.65. The van der Waals surface area contributed by atoms with Crippen LogP contribution in [0.2, 0.25) is 0 Å². The Balaban J connectivity index is 2.15. The first-order chi connectivity index (χ1) is 8.11. The summed E-state index contributed by atoms with van der Waals surface area (Å²) in [7, 11) is 0. The fourth-order valence-electron chi connectivity index (χ4n) is 3.01. The third-order valence-corrected chi connectivity index (χ3v) is 3.88. The Hall–Kier alpha value is -0.300. The van der Waals surface area contributed by atoms with Crippen LogP contribution in [0.5, 0.6) is 0 Å². The lowest BCUT2D eigenvalue weighted by Gasteiger charge is -2.27. The highest BCUT2D eigenvalue weighted by Crippen LogP contribution is 2.27. The molecular formula is C16H31N. The maximum absolute atomic E-state index is 3.73. The van der Waals surface area contributed by atoms with E-state index in [1.807, 2.05) is 0 Å². The van der Waals surface area contributed by atoms with Gasteiger partial charge in [0.25, 0.3) is 0 Å². The molecule has 3 unspecified atom stereocenters. The fourth-order valence-corrected chi connectivity index (χ4v) is 3.01. The largest absolute Gasteiger partial charge is 0.314 e. The molecule has 0 spiro atoms. The van der Waals surface area contributed by atoms with Crippen molar-refractivity contribution in [2.45, 2.75) is 72.3 Å². The second kappa shape index (κ2) is 7.92. The van der Waals surface area contributed by atoms with E-state index < -0.39 is 0 Å². The van der Waals surface area contributed by atoms with Crippen LogP contribution in [0.15, 0.2) is 11.6 Å². The van der Waals surface area contributed by atoms with E-state index in [1.165, 1.54) is 45.1 Å². The highest BCUT2D eigenvalue weighted by molar-refractivity contribution is 5.06. The van der Waals surface area contributed by atoms with Gasteiger partial charge in [-0.25, -0.2) is 0 Å². The van der Waals surface area contributed by atoms with Crippen LogP contribution in [0.1, 0.15) is 66.2 Å². The number of rotatable bonds is 7. The molecule has 1 nitrogen and oxygen atoms in total. The second-order valence-corrected chi connectivity index (χ2v) is 6.10. The molecule has 0 aromatic carbocycles. The Morgan fingerprint density at radius 1 is 1.41 bits per heavy atom. The predicted octanol–water partition coefficient (Wildman–Crippen LogP) is 4.54. The quantitative estimate of drug-likeness (QED) is 0.506. The molecule has 0 aromatic rings. The van der Waals surface area contributed by atoms with Crippen molar-refractivity contribution in [3.8, 4) is 0 Å². The molecule has 1 aliphatic rings. The summed E-state index contributed by atoms with van der Waals surface area (Å²) in [6.07, 6.45) is 10.5. The van der Waals surface area contributed by atoms with Gasteiger partial charge in [0.1, 0.15) is 0 Å². The molecule has 0 radical (unpaired) electrons. The third kappa shape index (κ3) is 6.26. The highest BCUT2D eigenvalue weighted by Gasteiger charge is 2.18.